The molecule has 0 unspecified atom stereocenters. The molecule has 0 bridgehead atoms. The van der Waals surface area contributed by atoms with E-state index in [-0.39, 0.29) is 30.0 Å². The Labute approximate surface area is 141 Å². The van der Waals surface area contributed by atoms with Gasteiger partial charge in [0.25, 0.3) is 0 Å². The molecule has 2 N–H and O–H groups in total. The molecule has 132 valence electrons. The summed E-state index contributed by atoms with van der Waals surface area (Å²) in [4.78, 5) is 14.4. The summed E-state index contributed by atoms with van der Waals surface area (Å²) in [7, 11) is 0. The van der Waals surface area contributed by atoms with Gasteiger partial charge in [0.1, 0.15) is 18.2 Å². The molecule has 1 aliphatic carbocycles. The minimum absolute atomic E-state index is 0.0402. The van der Waals surface area contributed by atoms with Crippen LogP contribution >= 0.6 is 0 Å². The molecule has 1 aliphatic heterocycles. The summed E-state index contributed by atoms with van der Waals surface area (Å²) in [6.45, 7) is 1.15. The number of likely N-dealkylation sites (tertiary alicyclic amines) is 1. The second-order valence-electron chi connectivity index (χ2n) is 6.71. The van der Waals surface area contributed by atoms with E-state index < -0.39 is 0 Å². The highest BCUT2D eigenvalue weighted by atomic mass is 19.1. The van der Waals surface area contributed by atoms with Crippen LogP contribution < -0.4 is 10.1 Å². The number of rotatable bonds is 4. The van der Waals surface area contributed by atoms with Crippen LogP contribution in [0.5, 0.6) is 5.75 Å². The van der Waals surface area contributed by atoms with Gasteiger partial charge in [-0.1, -0.05) is 0 Å². The van der Waals surface area contributed by atoms with E-state index in [0.717, 1.165) is 45.1 Å². The number of amides is 2. The summed E-state index contributed by atoms with van der Waals surface area (Å²) in [5, 5.41) is 12.6. The van der Waals surface area contributed by atoms with Crippen LogP contribution in [0.2, 0.25) is 0 Å². The Morgan fingerprint density at radius 2 is 1.92 bits per heavy atom. The molecular weight excluding hydrogens is 311 g/mol. The SMILES string of the molecule is O=C(NC1CCC(O)CC1)N1CCC[C@H]1COc1ccc(F)cc1. The van der Waals surface area contributed by atoms with Crippen molar-refractivity contribution in [3.8, 4) is 5.75 Å². The van der Waals surface area contributed by atoms with E-state index in [1.807, 2.05) is 4.90 Å². The number of halogens is 1. The Morgan fingerprint density at radius 3 is 2.62 bits per heavy atom. The van der Waals surface area contributed by atoms with Crippen molar-refractivity contribution < 1.29 is 19.0 Å². The lowest BCUT2D eigenvalue weighted by Crippen LogP contribution is -2.49. The van der Waals surface area contributed by atoms with E-state index in [9.17, 15) is 14.3 Å². The van der Waals surface area contributed by atoms with Gasteiger partial charge in [0.05, 0.1) is 12.1 Å². The number of hydrogen-bond acceptors (Lipinski definition) is 3. The van der Waals surface area contributed by atoms with Gasteiger partial charge in [0.15, 0.2) is 0 Å². The second kappa shape index (κ2) is 7.83. The van der Waals surface area contributed by atoms with Gasteiger partial charge >= 0.3 is 6.03 Å². The Kier molecular flexibility index (Phi) is 5.56. The lowest BCUT2D eigenvalue weighted by Gasteiger charge is -2.30. The van der Waals surface area contributed by atoms with Crippen molar-refractivity contribution in [3.05, 3.63) is 30.1 Å². The van der Waals surface area contributed by atoms with Crippen molar-refractivity contribution in [2.75, 3.05) is 13.2 Å². The molecule has 1 heterocycles. The number of urea groups is 1. The predicted octanol–water partition coefficient (Wildman–Crippen LogP) is 2.68. The summed E-state index contributed by atoms with van der Waals surface area (Å²) in [6.07, 6.45) is 4.83. The third kappa shape index (κ3) is 4.38. The molecule has 2 aliphatic rings. The van der Waals surface area contributed by atoms with Crippen molar-refractivity contribution in [1.29, 1.82) is 0 Å². The van der Waals surface area contributed by atoms with Crippen LogP contribution in [0.25, 0.3) is 0 Å². The monoisotopic (exact) mass is 336 g/mol. The molecule has 24 heavy (non-hydrogen) atoms. The highest BCUT2D eigenvalue weighted by Crippen LogP contribution is 2.22. The lowest BCUT2D eigenvalue weighted by atomic mass is 9.93. The number of benzene rings is 1. The third-order valence-electron chi connectivity index (χ3n) is 4.92. The maximum absolute atomic E-state index is 12.9. The average molecular weight is 336 g/mol. The maximum atomic E-state index is 12.9. The normalized spacial score (nSPS) is 27.1. The van der Waals surface area contributed by atoms with Crippen LogP contribution in [-0.4, -0.2) is 47.4 Å². The summed E-state index contributed by atoms with van der Waals surface area (Å²) < 4.78 is 18.6. The summed E-state index contributed by atoms with van der Waals surface area (Å²) in [5.74, 6) is 0.326. The highest BCUT2D eigenvalue weighted by Gasteiger charge is 2.31. The molecule has 2 fully saturated rings. The zero-order valence-corrected chi connectivity index (χ0v) is 13.8. The summed E-state index contributed by atoms with van der Waals surface area (Å²) in [5.41, 5.74) is 0. The number of nitrogens with one attached hydrogen (secondary N) is 1. The van der Waals surface area contributed by atoms with Crippen molar-refractivity contribution in [3.63, 3.8) is 0 Å². The fourth-order valence-corrected chi connectivity index (χ4v) is 3.48. The lowest BCUT2D eigenvalue weighted by molar-refractivity contribution is 0.113. The first-order valence-electron chi connectivity index (χ1n) is 8.75. The predicted molar refractivity (Wildman–Crippen MR) is 88.4 cm³/mol. The van der Waals surface area contributed by atoms with E-state index in [4.69, 9.17) is 4.74 Å². The Bertz CT molecular complexity index is 544. The number of aliphatic hydroxyl groups excluding tert-OH is 1. The molecule has 1 saturated heterocycles. The molecule has 6 heteroatoms. The van der Waals surface area contributed by atoms with Gasteiger partial charge in [-0.05, 0) is 62.8 Å². The highest BCUT2D eigenvalue weighted by molar-refractivity contribution is 5.75. The van der Waals surface area contributed by atoms with E-state index in [1.165, 1.54) is 12.1 Å². The van der Waals surface area contributed by atoms with Crippen LogP contribution in [0.15, 0.2) is 24.3 Å². The molecule has 3 rings (SSSR count). The first-order valence-corrected chi connectivity index (χ1v) is 8.75. The molecule has 2 amide bonds. The number of carbonyl (C=O) groups excluding carboxylic acids is 1. The fourth-order valence-electron chi connectivity index (χ4n) is 3.48. The van der Waals surface area contributed by atoms with Crippen molar-refractivity contribution in [2.24, 2.45) is 0 Å². The standard InChI is InChI=1S/C18H25FN2O3/c19-13-3-9-17(10-4-13)24-12-15-2-1-11-21(15)18(23)20-14-5-7-16(22)8-6-14/h3-4,9-10,14-16,22H,1-2,5-8,11-12H2,(H,20,23)/t14?,15-,16?/m0/s1. The molecule has 1 aromatic carbocycles. The first-order chi connectivity index (χ1) is 11.6. The van der Waals surface area contributed by atoms with E-state index in [2.05, 4.69) is 5.32 Å². The summed E-state index contributed by atoms with van der Waals surface area (Å²) >= 11 is 0. The molecule has 0 radical (unpaired) electrons. The molecular formula is C18H25FN2O3. The van der Waals surface area contributed by atoms with Crippen LogP contribution in [-0.2, 0) is 0 Å². The molecule has 0 spiro atoms. The number of aliphatic hydroxyl groups is 1. The molecule has 1 atom stereocenters. The average Bonchev–Trinajstić information content (AvgIpc) is 3.05. The second-order valence-corrected chi connectivity index (χ2v) is 6.71. The van der Waals surface area contributed by atoms with Gasteiger partial charge < -0.3 is 20.1 Å². The van der Waals surface area contributed by atoms with Gasteiger partial charge in [-0.15, -0.1) is 0 Å². The molecule has 1 saturated carbocycles. The minimum Gasteiger partial charge on any atom is -0.491 e. The molecule has 5 nitrogen and oxygen atoms in total. The van der Waals surface area contributed by atoms with E-state index in [0.29, 0.717) is 12.4 Å². The van der Waals surface area contributed by atoms with Gasteiger partial charge in [0, 0.05) is 12.6 Å². The van der Waals surface area contributed by atoms with Crippen LogP contribution in [0.4, 0.5) is 9.18 Å². The first kappa shape index (κ1) is 17.0. The van der Waals surface area contributed by atoms with Gasteiger partial charge in [0.2, 0.25) is 0 Å². The van der Waals surface area contributed by atoms with Gasteiger partial charge in [-0.2, -0.15) is 0 Å². The van der Waals surface area contributed by atoms with E-state index >= 15 is 0 Å². The van der Waals surface area contributed by atoms with Crippen molar-refractivity contribution in [2.45, 2.75) is 56.7 Å². The maximum Gasteiger partial charge on any atom is 0.317 e. The van der Waals surface area contributed by atoms with Crippen molar-refractivity contribution >= 4 is 6.03 Å². The number of ether oxygens (including phenoxy) is 1. The molecule has 1 aromatic rings. The van der Waals surface area contributed by atoms with Gasteiger partial charge in [-0.3, -0.25) is 0 Å². The molecule has 0 aromatic heterocycles. The Morgan fingerprint density at radius 1 is 1.21 bits per heavy atom. The zero-order valence-electron chi connectivity index (χ0n) is 13.8. The zero-order chi connectivity index (χ0) is 16.9. The minimum atomic E-state index is -0.290. The topological polar surface area (TPSA) is 61.8 Å². The quantitative estimate of drug-likeness (QED) is 0.889. The third-order valence-corrected chi connectivity index (χ3v) is 4.92. The number of nitrogens with zero attached hydrogens (tertiary/aromatic N) is 1. The van der Waals surface area contributed by atoms with Crippen molar-refractivity contribution in [1.82, 2.24) is 10.2 Å². The number of hydrogen-bond donors (Lipinski definition) is 2. The van der Waals surface area contributed by atoms with Crippen LogP contribution in [0, 0.1) is 5.82 Å². The largest absolute Gasteiger partial charge is 0.491 e. The summed E-state index contributed by atoms with van der Waals surface area (Å²) in [6, 6.07) is 6.09. The fraction of sp³-hybridized carbons (Fsp3) is 0.611. The Balaban J connectivity index is 1.49. The van der Waals surface area contributed by atoms with Gasteiger partial charge in [-0.25, -0.2) is 9.18 Å². The smallest absolute Gasteiger partial charge is 0.317 e. The Hall–Kier alpha value is -1.82. The van der Waals surface area contributed by atoms with Crippen LogP contribution in [0.1, 0.15) is 38.5 Å². The van der Waals surface area contributed by atoms with E-state index in [1.54, 1.807) is 12.1 Å². The van der Waals surface area contributed by atoms with Crippen LogP contribution in [0.3, 0.4) is 0 Å². The number of carbonyl (C=O) groups is 1.